The molecular weight excluding hydrogens is 497 g/mol. The van der Waals surface area contributed by atoms with Gasteiger partial charge in [-0.2, -0.15) is 5.01 Å². The molecule has 206 valence electrons. The van der Waals surface area contributed by atoms with Crippen LogP contribution in [0.25, 0.3) is 11.1 Å². The SMILES string of the molecule is CCN1NC([C@H]2C[C@@H](O)CN2C(=O)C(c2cc(C)no2)C(C)C)=NC1(C)c1ccc(-c2ccccc2F)cc1. The molecule has 3 aromatic rings. The van der Waals surface area contributed by atoms with Crippen LogP contribution in [0.2, 0.25) is 0 Å². The van der Waals surface area contributed by atoms with Crippen LogP contribution in [0.15, 0.2) is 64.1 Å². The summed E-state index contributed by atoms with van der Waals surface area (Å²) in [5, 5.41) is 16.7. The number of carbonyl (C=O) groups is 1. The van der Waals surface area contributed by atoms with Gasteiger partial charge >= 0.3 is 0 Å². The number of hydrogen-bond acceptors (Lipinski definition) is 7. The summed E-state index contributed by atoms with van der Waals surface area (Å²) in [4.78, 5) is 20.7. The number of β-amino-alcohol motifs (C(OH)–C–C–N with tert-alkyl or cyclic N) is 1. The van der Waals surface area contributed by atoms with E-state index < -0.39 is 23.7 Å². The number of aryl methyl sites for hydroxylation is 1. The normalized spacial score (nSPS) is 24.2. The lowest BCUT2D eigenvalue weighted by Gasteiger charge is -2.32. The van der Waals surface area contributed by atoms with Crippen LogP contribution in [0.4, 0.5) is 4.39 Å². The number of amidine groups is 1. The summed E-state index contributed by atoms with van der Waals surface area (Å²) in [5.41, 5.74) is 5.66. The molecule has 2 aliphatic rings. The van der Waals surface area contributed by atoms with E-state index in [1.165, 1.54) is 6.07 Å². The molecule has 0 aliphatic carbocycles. The molecule has 0 bridgehead atoms. The Morgan fingerprint density at radius 1 is 1.23 bits per heavy atom. The summed E-state index contributed by atoms with van der Waals surface area (Å²) < 4.78 is 19.8. The van der Waals surface area contributed by atoms with Crippen LogP contribution in [0.5, 0.6) is 0 Å². The Hall–Kier alpha value is -3.56. The van der Waals surface area contributed by atoms with Gasteiger partial charge in [0.25, 0.3) is 0 Å². The van der Waals surface area contributed by atoms with E-state index in [0.717, 1.165) is 16.8 Å². The molecular formula is C30H36FN5O3. The Kier molecular flexibility index (Phi) is 7.31. The second-order valence-corrected chi connectivity index (χ2v) is 10.9. The fraction of sp³-hybridized carbons (Fsp3) is 0.433. The van der Waals surface area contributed by atoms with Crippen LogP contribution in [-0.2, 0) is 10.5 Å². The predicted molar refractivity (Wildman–Crippen MR) is 147 cm³/mol. The van der Waals surface area contributed by atoms with Crippen LogP contribution in [0.3, 0.4) is 0 Å². The number of carbonyl (C=O) groups excluding carboxylic acids is 1. The van der Waals surface area contributed by atoms with Crippen LogP contribution >= 0.6 is 0 Å². The number of amides is 1. The van der Waals surface area contributed by atoms with Crippen LogP contribution in [0.1, 0.15) is 57.1 Å². The second kappa shape index (κ2) is 10.5. The molecule has 5 rings (SSSR count). The zero-order valence-electron chi connectivity index (χ0n) is 23.1. The number of aromatic nitrogens is 1. The van der Waals surface area contributed by atoms with E-state index in [-0.39, 0.29) is 24.2 Å². The van der Waals surface area contributed by atoms with Crippen LogP contribution < -0.4 is 5.43 Å². The number of nitrogens with one attached hydrogen (secondary N) is 1. The third kappa shape index (κ3) is 4.96. The van der Waals surface area contributed by atoms with Gasteiger partial charge in [-0.25, -0.2) is 9.38 Å². The van der Waals surface area contributed by atoms with E-state index in [2.05, 4.69) is 10.6 Å². The third-order valence-electron chi connectivity index (χ3n) is 7.81. The first-order valence-electron chi connectivity index (χ1n) is 13.5. The second-order valence-electron chi connectivity index (χ2n) is 10.9. The van der Waals surface area contributed by atoms with Gasteiger partial charge in [-0.05, 0) is 37.0 Å². The van der Waals surface area contributed by atoms with Crippen molar-refractivity contribution >= 4 is 11.7 Å². The fourth-order valence-electron chi connectivity index (χ4n) is 5.74. The number of rotatable bonds is 7. The van der Waals surface area contributed by atoms with Gasteiger partial charge < -0.3 is 20.0 Å². The quantitative estimate of drug-likeness (QED) is 0.461. The van der Waals surface area contributed by atoms with Gasteiger partial charge in [0, 0.05) is 31.1 Å². The van der Waals surface area contributed by atoms with Gasteiger partial charge in [0.15, 0.2) is 5.66 Å². The van der Waals surface area contributed by atoms with Gasteiger partial charge in [0.2, 0.25) is 5.91 Å². The summed E-state index contributed by atoms with van der Waals surface area (Å²) in [6.45, 7) is 10.7. The van der Waals surface area contributed by atoms with E-state index in [4.69, 9.17) is 9.52 Å². The minimum Gasteiger partial charge on any atom is -0.391 e. The lowest BCUT2D eigenvalue weighted by molar-refractivity contribution is -0.134. The molecule has 1 aromatic heterocycles. The number of benzene rings is 2. The Balaban J connectivity index is 1.45. The molecule has 0 spiro atoms. The number of aliphatic imine (C=N–C) groups is 1. The number of aliphatic hydroxyl groups excluding tert-OH is 1. The molecule has 2 unspecified atom stereocenters. The van der Waals surface area contributed by atoms with Crippen molar-refractivity contribution in [1.82, 2.24) is 20.5 Å². The number of hydrogen-bond donors (Lipinski definition) is 2. The van der Waals surface area contributed by atoms with E-state index >= 15 is 0 Å². The fourth-order valence-corrected chi connectivity index (χ4v) is 5.74. The van der Waals surface area contributed by atoms with Crippen LogP contribution in [0, 0.1) is 18.7 Å². The first-order valence-corrected chi connectivity index (χ1v) is 13.5. The van der Waals surface area contributed by atoms with Crippen LogP contribution in [-0.4, -0.2) is 57.2 Å². The summed E-state index contributed by atoms with van der Waals surface area (Å²) in [5.74, 6) is 0.257. The van der Waals surface area contributed by atoms with E-state index in [0.29, 0.717) is 30.1 Å². The average molecular weight is 534 g/mol. The third-order valence-corrected chi connectivity index (χ3v) is 7.81. The molecule has 1 saturated heterocycles. The van der Waals surface area contributed by atoms with Gasteiger partial charge in [-0.15, -0.1) is 0 Å². The highest BCUT2D eigenvalue weighted by atomic mass is 19.1. The maximum Gasteiger partial charge on any atom is 0.234 e. The zero-order valence-corrected chi connectivity index (χ0v) is 23.1. The van der Waals surface area contributed by atoms with E-state index in [1.54, 1.807) is 23.1 Å². The molecule has 1 fully saturated rings. The Bertz CT molecular complexity index is 1370. The van der Waals surface area contributed by atoms with Gasteiger partial charge in [0.05, 0.1) is 17.8 Å². The molecule has 8 nitrogen and oxygen atoms in total. The van der Waals surface area contributed by atoms with Gasteiger partial charge in [-0.3, -0.25) is 4.79 Å². The minimum atomic E-state index is -0.750. The molecule has 2 aliphatic heterocycles. The maximum atomic E-state index is 14.3. The minimum absolute atomic E-state index is 0.0212. The smallest absolute Gasteiger partial charge is 0.234 e. The zero-order chi connectivity index (χ0) is 27.9. The van der Waals surface area contributed by atoms with Crippen molar-refractivity contribution in [2.45, 2.75) is 64.8 Å². The van der Waals surface area contributed by atoms with Gasteiger partial charge in [0.1, 0.15) is 23.3 Å². The van der Waals surface area contributed by atoms with E-state index in [1.807, 2.05) is 70.0 Å². The Morgan fingerprint density at radius 3 is 2.56 bits per heavy atom. The number of likely N-dealkylation sites (tertiary alicyclic amines) is 1. The Morgan fingerprint density at radius 2 is 1.95 bits per heavy atom. The lowest BCUT2D eigenvalue weighted by atomic mass is 9.91. The predicted octanol–water partition coefficient (Wildman–Crippen LogP) is 4.60. The molecule has 1 amide bonds. The highest BCUT2D eigenvalue weighted by molar-refractivity contribution is 5.95. The summed E-state index contributed by atoms with van der Waals surface area (Å²) in [6, 6.07) is 15.8. The molecule has 4 atom stereocenters. The first kappa shape index (κ1) is 27.0. The molecule has 3 heterocycles. The summed E-state index contributed by atoms with van der Waals surface area (Å²) >= 11 is 0. The van der Waals surface area contributed by atoms with Gasteiger partial charge in [-0.1, -0.05) is 68.4 Å². The lowest BCUT2D eigenvalue weighted by Crippen LogP contribution is -2.51. The topological polar surface area (TPSA) is 94.2 Å². The van der Waals surface area contributed by atoms with Crippen molar-refractivity contribution in [3.63, 3.8) is 0 Å². The summed E-state index contributed by atoms with van der Waals surface area (Å²) in [7, 11) is 0. The highest BCUT2D eigenvalue weighted by Gasteiger charge is 2.47. The molecule has 39 heavy (non-hydrogen) atoms. The number of aliphatic hydroxyl groups is 1. The monoisotopic (exact) mass is 533 g/mol. The average Bonchev–Trinajstić information content (AvgIpc) is 3.61. The van der Waals surface area contributed by atoms with Crippen molar-refractivity contribution in [3.8, 4) is 11.1 Å². The maximum absolute atomic E-state index is 14.3. The molecule has 2 aromatic carbocycles. The van der Waals surface area contributed by atoms with Crippen molar-refractivity contribution in [1.29, 1.82) is 0 Å². The summed E-state index contributed by atoms with van der Waals surface area (Å²) in [6.07, 6.45) is -0.271. The standard InChI is InChI=1S/C30H36FN5O3/c1-6-36-30(5,21-13-11-20(12-14-21)23-9-7-8-10-24(23)31)32-28(33-36)25-16-22(37)17-35(25)29(38)27(18(2)3)26-15-19(4)34-39-26/h7-15,18,22,25,27,37H,6,16-17H2,1-5H3,(H,32,33)/t22-,25-,27?,30?/m1/s1. The largest absolute Gasteiger partial charge is 0.391 e. The van der Waals surface area contributed by atoms with Crippen molar-refractivity contribution in [2.24, 2.45) is 10.9 Å². The number of hydrazine groups is 1. The van der Waals surface area contributed by atoms with Crippen molar-refractivity contribution in [2.75, 3.05) is 13.1 Å². The molecule has 2 N–H and O–H groups in total. The molecule has 0 saturated carbocycles. The first-order chi connectivity index (χ1) is 18.6. The molecule has 0 radical (unpaired) electrons. The Labute approximate surface area is 228 Å². The highest BCUT2D eigenvalue weighted by Crippen LogP contribution is 2.37. The number of nitrogens with zero attached hydrogens (tertiary/aromatic N) is 4. The molecule has 9 heteroatoms. The number of halogens is 1. The van der Waals surface area contributed by atoms with Crippen molar-refractivity contribution in [3.05, 3.63) is 77.4 Å². The van der Waals surface area contributed by atoms with E-state index in [9.17, 15) is 14.3 Å². The van der Waals surface area contributed by atoms with Crippen molar-refractivity contribution < 1.29 is 18.8 Å².